The first-order valence-electron chi connectivity index (χ1n) is 5.76. The Morgan fingerprint density at radius 3 is 2.80 bits per heavy atom. The fourth-order valence-corrected chi connectivity index (χ4v) is 1.08. The summed E-state index contributed by atoms with van der Waals surface area (Å²) in [4.78, 5) is 32.8. The molecule has 20 heavy (non-hydrogen) atoms. The van der Waals surface area contributed by atoms with E-state index < -0.39 is 18.2 Å². The van der Waals surface area contributed by atoms with Crippen molar-refractivity contribution in [3.8, 4) is 0 Å². The van der Waals surface area contributed by atoms with E-state index in [1.807, 2.05) is 0 Å². The number of cyclic esters (lactones) is 2. The standard InChI is InChI=1S/C12H15NO7/c1-8(2)10(14)17-6-4-13-11(15)18-5-3-9-7-19-12(16)20-9/h3H,1,4-7H2,2H3,(H,13,15)/b9-3-. The molecule has 0 radical (unpaired) electrons. The number of esters is 1. The van der Waals surface area contributed by atoms with Crippen molar-refractivity contribution in [2.75, 3.05) is 26.4 Å². The van der Waals surface area contributed by atoms with Gasteiger partial charge in [-0.05, 0) is 13.0 Å². The number of alkyl carbamates (subject to hydrolysis) is 1. The van der Waals surface area contributed by atoms with Gasteiger partial charge in [-0.15, -0.1) is 0 Å². The van der Waals surface area contributed by atoms with Gasteiger partial charge in [0.2, 0.25) is 0 Å². The summed E-state index contributed by atoms with van der Waals surface area (Å²) in [5.41, 5.74) is 0.285. The summed E-state index contributed by atoms with van der Waals surface area (Å²) in [7, 11) is 0. The maximum Gasteiger partial charge on any atom is 0.514 e. The van der Waals surface area contributed by atoms with Crippen molar-refractivity contribution < 1.29 is 33.3 Å². The van der Waals surface area contributed by atoms with E-state index in [-0.39, 0.29) is 37.7 Å². The van der Waals surface area contributed by atoms with Gasteiger partial charge in [0.15, 0.2) is 6.61 Å². The van der Waals surface area contributed by atoms with Crippen molar-refractivity contribution in [3.63, 3.8) is 0 Å². The van der Waals surface area contributed by atoms with Gasteiger partial charge in [0, 0.05) is 5.57 Å². The van der Waals surface area contributed by atoms with Gasteiger partial charge in [0.1, 0.15) is 19.0 Å². The summed E-state index contributed by atoms with van der Waals surface area (Å²) < 4.78 is 18.6. The highest BCUT2D eigenvalue weighted by Crippen LogP contribution is 2.08. The summed E-state index contributed by atoms with van der Waals surface area (Å²) in [6.07, 6.45) is -0.0514. The predicted molar refractivity (Wildman–Crippen MR) is 65.6 cm³/mol. The van der Waals surface area contributed by atoms with Crippen molar-refractivity contribution in [1.82, 2.24) is 5.32 Å². The van der Waals surface area contributed by atoms with Crippen LogP contribution in [0.3, 0.4) is 0 Å². The average Bonchev–Trinajstić information content (AvgIpc) is 2.80. The molecule has 0 aromatic carbocycles. The first-order chi connectivity index (χ1) is 9.49. The van der Waals surface area contributed by atoms with Crippen molar-refractivity contribution in [1.29, 1.82) is 0 Å². The van der Waals surface area contributed by atoms with Crippen molar-refractivity contribution in [2.45, 2.75) is 6.92 Å². The summed E-state index contributed by atoms with van der Waals surface area (Å²) in [6, 6.07) is 0. The largest absolute Gasteiger partial charge is 0.514 e. The molecule has 0 unspecified atom stereocenters. The number of carbonyl (C=O) groups excluding carboxylic acids is 3. The SMILES string of the molecule is C=C(C)C(=O)OCCNC(=O)OC/C=C1/COC(=O)O1. The van der Waals surface area contributed by atoms with Gasteiger partial charge in [-0.25, -0.2) is 14.4 Å². The van der Waals surface area contributed by atoms with Crippen molar-refractivity contribution >= 4 is 18.2 Å². The lowest BCUT2D eigenvalue weighted by molar-refractivity contribution is -0.138. The molecule has 110 valence electrons. The van der Waals surface area contributed by atoms with Crippen LogP contribution in [-0.4, -0.2) is 44.6 Å². The van der Waals surface area contributed by atoms with E-state index in [4.69, 9.17) is 9.47 Å². The molecule has 1 saturated heterocycles. The molecule has 0 atom stereocenters. The molecule has 1 amide bonds. The van der Waals surface area contributed by atoms with Gasteiger partial charge in [-0.1, -0.05) is 6.58 Å². The van der Waals surface area contributed by atoms with Crippen LogP contribution in [0.1, 0.15) is 6.92 Å². The van der Waals surface area contributed by atoms with E-state index in [9.17, 15) is 14.4 Å². The number of carbonyl (C=O) groups is 3. The van der Waals surface area contributed by atoms with Crippen LogP contribution in [-0.2, 0) is 23.7 Å². The third-order valence-electron chi connectivity index (χ3n) is 2.03. The van der Waals surface area contributed by atoms with E-state index in [1.54, 1.807) is 0 Å². The second-order valence-corrected chi connectivity index (χ2v) is 3.75. The second-order valence-electron chi connectivity index (χ2n) is 3.75. The molecule has 1 heterocycles. The Bertz CT molecular complexity index is 441. The molecule has 8 heteroatoms. The zero-order valence-corrected chi connectivity index (χ0v) is 11.0. The second kappa shape index (κ2) is 7.82. The maximum absolute atomic E-state index is 11.2. The van der Waals surface area contributed by atoms with Crippen LogP contribution in [0.5, 0.6) is 0 Å². The molecule has 1 aliphatic heterocycles. The summed E-state index contributed by atoms with van der Waals surface area (Å²) >= 11 is 0. The Balaban J connectivity index is 2.07. The molecule has 1 rings (SSSR count). The fourth-order valence-electron chi connectivity index (χ4n) is 1.08. The van der Waals surface area contributed by atoms with E-state index in [0.717, 1.165) is 0 Å². The number of rotatable bonds is 6. The Kier molecular flexibility index (Phi) is 6.08. The normalized spacial score (nSPS) is 15.2. The summed E-state index contributed by atoms with van der Waals surface area (Å²) in [5, 5.41) is 2.37. The maximum atomic E-state index is 11.2. The zero-order chi connectivity index (χ0) is 15.0. The molecule has 1 fully saturated rings. The highest BCUT2D eigenvalue weighted by molar-refractivity contribution is 5.86. The minimum atomic E-state index is -0.778. The van der Waals surface area contributed by atoms with Gasteiger partial charge < -0.3 is 24.3 Å². The number of amides is 1. The summed E-state index contributed by atoms with van der Waals surface area (Å²) in [6.45, 7) is 5.04. The Labute approximate surface area is 115 Å². The van der Waals surface area contributed by atoms with Crippen molar-refractivity contribution in [2.24, 2.45) is 0 Å². The van der Waals surface area contributed by atoms with Gasteiger partial charge in [-0.3, -0.25) is 0 Å². The number of hydrogen-bond acceptors (Lipinski definition) is 7. The predicted octanol–water partition coefficient (Wildman–Crippen LogP) is 0.883. The fraction of sp³-hybridized carbons (Fsp3) is 0.417. The number of hydrogen-bond donors (Lipinski definition) is 1. The Hall–Kier alpha value is -2.51. The van der Waals surface area contributed by atoms with Crippen LogP contribution < -0.4 is 5.32 Å². The monoisotopic (exact) mass is 285 g/mol. The molecule has 8 nitrogen and oxygen atoms in total. The molecule has 0 bridgehead atoms. The van der Waals surface area contributed by atoms with Crippen molar-refractivity contribution in [3.05, 3.63) is 24.0 Å². The molecule has 0 aliphatic carbocycles. The van der Waals surface area contributed by atoms with Crippen LogP contribution in [0.2, 0.25) is 0 Å². The lowest BCUT2D eigenvalue weighted by Crippen LogP contribution is -2.28. The van der Waals surface area contributed by atoms with Crippen LogP contribution in [0, 0.1) is 0 Å². The smallest absolute Gasteiger partial charge is 0.460 e. The first kappa shape index (κ1) is 15.5. The molecular weight excluding hydrogens is 270 g/mol. The van der Waals surface area contributed by atoms with Gasteiger partial charge in [0.05, 0.1) is 6.54 Å². The van der Waals surface area contributed by atoms with Crippen LogP contribution in [0.25, 0.3) is 0 Å². The zero-order valence-electron chi connectivity index (χ0n) is 11.0. The van der Waals surface area contributed by atoms with E-state index >= 15 is 0 Å². The summed E-state index contributed by atoms with van der Waals surface area (Å²) in [5.74, 6) is -0.230. The quantitative estimate of drug-likeness (QED) is 0.334. The van der Waals surface area contributed by atoms with Gasteiger partial charge in [-0.2, -0.15) is 0 Å². The minimum absolute atomic E-state index is 0.0212. The molecule has 0 spiro atoms. The molecule has 0 saturated carbocycles. The third kappa shape index (κ3) is 5.89. The minimum Gasteiger partial charge on any atom is -0.460 e. The van der Waals surface area contributed by atoms with Crippen LogP contribution in [0.4, 0.5) is 9.59 Å². The number of ether oxygens (including phenoxy) is 4. The molecule has 0 aromatic heterocycles. The van der Waals surface area contributed by atoms with E-state index in [2.05, 4.69) is 21.4 Å². The van der Waals surface area contributed by atoms with E-state index in [1.165, 1.54) is 13.0 Å². The molecule has 1 N–H and O–H groups in total. The lowest BCUT2D eigenvalue weighted by atomic mass is 10.4. The Morgan fingerprint density at radius 1 is 1.45 bits per heavy atom. The lowest BCUT2D eigenvalue weighted by Gasteiger charge is -2.06. The first-order valence-corrected chi connectivity index (χ1v) is 5.76. The van der Waals surface area contributed by atoms with Crippen LogP contribution in [0.15, 0.2) is 24.0 Å². The molecule has 1 aliphatic rings. The van der Waals surface area contributed by atoms with Gasteiger partial charge >= 0.3 is 18.2 Å². The van der Waals surface area contributed by atoms with Crippen LogP contribution >= 0.6 is 0 Å². The van der Waals surface area contributed by atoms with E-state index in [0.29, 0.717) is 0 Å². The molecular formula is C12H15NO7. The van der Waals surface area contributed by atoms with Gasteiger partial charge in [0.25, 0.3) is 0 Å². The topological polar surface area (TPSA) is 100 Å². The molecule has 0 aromatic rings. The average molecular weight is 285 g/mol. The highest BCUT2D eigenvalue weighted by Gasteiger charge is 2.18. The third-order valence-corrected chi connectivity index (χ3v) is 2.03. The highest BCUT2D eigenvalue weighted by atomic mass is 16.8. The number of nitrogens with one attached hydrogen (secondary N) is 1. The Morgan fingerprint density at radius 2 is 2.20 bits per heavy atom.